The van der Waals surface area contributed by atoms with Crippen LogP contribution in [0, 0.1) is 5.92 Å². The highest BCUT2D eigenvalue weighted by atomic mass is 16.5. The summed E-state index contributed by atoms with van der Waals surface area (Å²) in [7, 11) is 3.15. The number of nitrogens with zero attached hydrogens (tertiary/aromatic N) is 1. The smallest absolute Gasteiger partial charge is 0.309 e. The minimum absolute atomic E-state index is 0.0582. The van der Waals surface area contributed by atoms with Crippen molar-refractivity contribution in [2.24, 2.45) is 5.92 Å². The van der Waals surface area contributed by atoms with Crippen molar-refractivity contribution in [2.45, 2.75) is 19.8 Å². The highest BCUT2D eigenvalue weighted by Crippen LogP contribution is 2.28. The van der Waals surface area contributed by atoms with Gasteiger partial charge in [-0.25, -0.2) is 0 Å². The van der Waals surface area contributed by atoms with Crippen molar-refractivity contribution in [1.29, 1.82) is 0 Å². The summed E-state index contributed by atoms with van der Waals surface area (Å²) in [5.74, 6) is 0.950. The molecule has 0 saturated carbocycles. The van der Waals surface area contributed by atoms with Crippen LogP contribution in [0.25, 0.3) is 6.08 Å². The predicted molar refractivity (Wildman–Crippen MR) is 94.5 cm³/mol. The Hall–Kier alpha value is -2.50. The van der Waals surface area contributed by atoms with Crippen LogP contribution in [-0.4, -0.2) is 50.7 Å². The molecular formula is C19H25NO5. The molecule has 0 spiro atoms. The van der Waals surface area contributed by atoms with Crippen molar-refractivity contribution in [3.05, 3.63) is 29.8 Å². The number of esters is 1. The van der Waals surface area contributed by atoms with Crippen molar-refractivity contribution in [1.82, 2.24) is 4.90 Å². The number of piperidine rings is 1. The van der Waals surface area contributed by atoms with Gasteiger partial charge in [-0.05, 0) is 43.5 Å². The first-order valence-electron chi connectivity index (χ1n) is 8.44. The first kappa shape index (κ1) is 18.8. The number of hydrogen-bond acceptors (Lipinski definition) is 5. The Morgan fingerprint density at radius 3 is 2.44 bits per heavy atom. The van der Waals surface area contributed by atoms with E-state index in [0.29, 0.717) is 44.0 Å². The molecule has 0 radical (unpaired) electrons. The summed E-state index contributed by atoms with van der Waals surface area (Å²) in [5.41, 5.74) is 0.854. The van der Waals surface area contributed by atoms with Gasteiger partial charge in [0.05, 0.1) is 26.7 Å². The Balaban J connectivity index is 1.92. The average molecular weight is 347 g/mol. The molecular weight excluding hydrogens is 322 g/mol. The Labute approximate surface area is 148 Å². The molecule has 1 saturated heterocycles. The molecule has 0 bridgehead atoms. The van der Waals surface area contributed by atoms with Crippen LogP contribution in [0.1, 0.15) is 25.3 Å². The molecule has 1 fully saturated rings. The zero-order valence-corrected chi connectivity index (χ0v) is 15.0. The Kier molecular flexibility index (Phi) is 6.86. The second-order valence-electron chi connectivity index (χ2n) is 5.80. The second-order valence-corrected chi connectivity index (χ2v) is 5.80. The summed E-state index contributed by atoms with van der Waals surface area (Å²) in [5, 5.41) is 0. The summed E-state index contributed by atoms with van der Waals surface area (Å²) < 4.78 is 15.5. The van der Waals surface area contributed by atoms with Gasteiger partial charge in [0.1, 0.15) is 0 Å². The normalized spacial score (nSPS) is 15.2. The lowest BCUT2D eigenvalue weighted by atomic mass is 9.97. The molecule has 1 aromatic carbocycles. The van der Waals surface area contributed by atoms with Crippen molar-refractivity contribution in [3.8, 4) is 11.5 Å². The van der Waals surface area contributed by atoms with Crippen LogP contribution in [0.5, 0.6) is 11.5 Å². The van der Waals surface area contributed by atoms with Crippen molar-refractivity contribution < 1.29 is 23.8 Å². The summed E-state index contributed by atoms with van der Waals surface area (Å²) >= 11 is 0. The van der Waals surface area contributed by atoms with Gasteiger partial charge < -0.3 is 19.1 Å². The van der Waals surface area contributed by atoms with Crippen LogP contribution in [0.2, 0.25) is 0 Å². The molecule has 6 heteroatoms. The summed E-state index contributed by atoms with van der Waals surface area (Å²) in [4.78, 5) is 25.8. The Morgan fingerprint density at radius 2 is 1.84 bits per heavy atom. The van der Waals surface area contributed by atoms with Gasteiger partial charge in [0.25, 0.3) is 0 Å². The third kappa shape index (κ3) is 4.98. The Morgan fingerprint density at radius 1 is 1.16 bits per heavy atom. The molecule has 6 nitrogen and oxygen atoms in total. The monoisotopic (exact) mass is 347 g/mol. The van der Waals surface area contributed by atoms with E-state index >= 15 is 0 Å². The van der Waals surface area contributed by atoms with Gasteiger partial charge in [0.15, 0.2) is 11.5 Å². The van der Waals surface area contributed by atoms with E-state index < -0.39 is 0 Å². The maximum atomic E-state index is 12.3. The molecule has 0 aliphatic carbocycles. The summed E-state index contributed by atoms with van der Waals surface area (Å²) in [6, 6.07) is 5.47. The van der Waals surface area contributed by atoms with Gasteiger partial charge in [0, 0.05) is 19.2 Å². The first-order valence-corrected chi connectivity index (χ1v) is 8.44. The number of ether oxygens (including phenoxy) is 3. The number of rotatable bonds is 6. The molecule has 1 aliphatic rings. The molecule has 136 valence electrons. The lowest BCUT2D eigenvalue weighted by Gasteiger charge is -2.30. The minimum Gasteiger partial charge on any atom is -0.493 e. The highest BCUT2D eigenvalue weighted by Gasteiger charge is 2.27. The molecule has 0 unspecified atom stereocenters. The van der Waals surface area contributed by atoms with Gasteiger partial charge in [-0.3, -0.25) is 9.59 Å². The van der Waals surface area contributed by atoms with Crippen LogP contribution >= 0.6 is 0 Å². The summed E-state index contributed by atoms with van der Waals surface area (Å²) in [6.45, 7) is 3.33. The van der Waals surface area contributed by atoms with Crippen molar-refractivity contribution >= 4 is 18.0 Å². The number of hydrogen-bond donors (Lipinski definition) is 0. The second kappa shape index (κ2) is 9.11. The maximum Gasteiger partial charge on any atom is 0.309 e. The third-order valence-corrected chi connectivity index (χ3v) is 4.25. The number of carbonyl (C=O) groups is 2. The van der Waals surface area contributed by atoms with Crippen LogP contribution in [-0.2, 0) is 14.3 Å². The molecule has 1 amide bonds. The molecule has 0 aromatic heterocycles. The van der Waals surface area contributed by atoms with Crippen molar-refractivity contribution in [2.75, 3.05) is 33.9 Å². The third-order valence-electron chi connectivity index (χ3n) is 4.25. The zero-order chi connectivity index (χ0) is 18.2. The fourth-order valence-electron chi connectivity index (χ4n) is 2.83. The molecule has 1 aliphatic heterocycles. The van der Waals surface area contributed by atoms with Gasteiger partial charge in [0.2, 0.25) is 5.91 Å². The van der Waals surface area contributed by atoms with Gasteiger partial charge in [-0.15, -0.1) is 0 Å². The number of carbonyl (C=O) groups excluding carboxylic acids is 2. The molecule has 1 heterocycles. The fourth-order valence-corrected chi connectivity index (χ4v) is 2.83. The standard InChI is InChI=1S/C19H25NO5/c1-4-25-19(22)15-9-11-20(12-10-15)18(21)8-6-14-5-7-16(23-2)17(13-14)24-3/h5-8,13,15H,4,9-12H2,1-3H3/b8-6+. The van der Waals surface area contributed by atoms with E-state index in [1.165, 1.54) is 0 Å². The van der Waals surface area contributed by atoms with Crippen LogP contribution in [0.4, 0.5) is 0 Å². The van der Waals surface area contributed by atoms with E-state index in [0.717, 1.165) is 5.56 Å². The molecule has 0 N–H and O–H groups in total. The topological polar surface area (TPSA) is 65.1 Å². The van der Waals surface area contributed by atoms with Gasteiger partial charge >= 0.3 is 5.97 Å². The molecule has 0 atom stereocenters. The largest absolute Gasteiger partial charge is 0.493 e. The first-order chi connectivity index (χ1) is 12.1. The highest BCUT2D eigenvalue weighted by molar-refractivity contribution is 5.92. The lowest BCUT2D eigenvalue weighted by molar-refractivity contribution is -0.150. The lowest BCUT2D eigenvalue weighted by Crippen LogP contribution is -2.39. The van der Waals surface area contributed by atoms with Gasteiger partial charge in [-0.2, -0.15) is 0 Å². The quantitative estimate of drug-likeness (QED) is 0.584. The minimum atomic E-state index is -0.157. The molecule has 1 aromatic rings. The van der Waals surface area contributed by atoms with Crippen LogP contribution in [0.15, 0.2) is 24.3 Å². The van der Waals surface area contributed by atoms with E-state index in [1.54, 1.807) is 44.3 Å². The van der Waals surface area contributed by atoms with Crippen LogP contribution in [0.3, 0.4) is 0 Å². The molecule has 2 rings (SSSR count). The van der Waals surface area contributed by atoms with Gasteiger partial charge in [-0.1, -0.05) is 6.07 Å². The number of benzene rings is 1. The Bertz CT molecular complexity index is 633. The van der Waals surface area contributed by atoms with Crippen LogP contribution < -0.4 is 9.47 Å². The zero-order valence-electron chi connectivity index (χ0n) is 15.0. The fraction of sp³-hybridized carbons (Fsp3) is 0.474. The van der Waals surface area contributed by atoms with E-state index in [-0.39, 0.29) is 17.8 Å². The number of methoxy groups -OCH3 is 2. The SMILES string of the molecule is CCOC(=O)C1CCN(C(=O)/C=C/c2ccc(OC)c(OC)c2)CC1. The number of likely N-dealkylation sites (tertiary alicyclic amines) is 1. The number of amides is 1. The van der Waals surface area contributed by atoms with Crippen molar-refractivity contribution in [3.63, 3.8) is 0 Å². The maximum absolute atomic E-state index is 12.3. The van der Waals surface area contributed by atoms with E-state index in [9.17, 15) is 9.59 Å². The predicted octanol–water partition coefficient (Wildman–Crippen LogP) is 2.52. The van der Waals surface area contributed by atoms with E-state index in [1.807, 2.05) is 12.1 Å². The van der Waals surface area contributed by atoms with E-state index in [2.05, 4.69) is 0 Å². The van der Waals surface area contributed by atoms with E-state index in [4.69, 9.17) is 14.2 Å². The average Bonchev–Trinajstić information content (AvgIpc) is 2.66. The summed E-state index contributed by atoms with van der Waals surface area (Å²) in [6.07, 6.45) is 4.59. The molecule has 25 heavy (non-hydrogen) atoms.